The van der Waals surface area contributed by atoms with Crippen LogP contribution in [0, 0.1) is 0 Å². The van der Waals surface area contributed by atoms with E-state index in [0.717, 1.165) is 31.7 Å². The Hall–Kier alpha value is -1.26. The first-order chi connectivity index (χ1) is 9.90. The minimum atomic E-state index is -1.40. The van der Waals surface area contributed by atoms with Crippen LogP contribution in [0.4, 0.5) is 0 Å². The minimum absolute atomic E-state index is 1.07. The maximum atomic E-state index is 5.70. The van der Waals surface area contributed by atoms with Crippen LogP contribution >= 0.6 is 0 Å². The van der Waals surface area contributed by atoms with Crippen LogP contribution in [0.2, 0.25) is 19.6 Å². The summed E-state index contributed by atoms with van der Waals surface area (Å²) in [6.07, 6.45) is 2.24. The largest absolute Gasteiger partial charge is 0.497 e. The van der Waals surface area contributed by atoms with Crippen LogP contribution in [0.1, 0.15) is 11.3 Å². The third-order valence-corrected chi connectivity index (χ3v) is 6.62. The highest BCUT2D eigenvalue weighted by Gasteiger charge is 2.24. The first kappa shape index (κ1) is 14.7. The third-order valence-electron chi connectivity index (χ3n) is 4.61. The molecule has 2 aromatic rings. The van der Waals surface area contributed by atoms with Gasteiger partial charge in [0.25, 0.3) is 0 Å². The molecule has 1 N–H and O–H groups in total. The van der Waals surface area contributed by atoms with Gasteiger partial charge in [-0.05, 0) is 36.4 Å². The van der Waals surface area contributed by atoms with E-state index in [-0.39, 0.29) is 0 Å². The van der Waals surface area contributed by atoms with Crippen molar-refractivity contribution in [2.45, 2.75) is 32.5 Å². The average molecular weight is 302 g/mol. The van der Waals surface area contributed by atoms with Gasteiger partial charge in [-0.2, -0.15) is 0 Å². The Bertz CT molecular complexity index is 669. The number of H-pyrrole nitrogens is 1. The molecule has 0 amide bonds. The van der Waals surface area contributed by atoms with Gasteiger partial charge in [0.05, 0.1) is 15.2 Å². The number of aromatic nitrogens is 1. The number of methoxy groups -OCH3 is 1. The zero-order valence-electron chi connectivity index (χ0n) is 13.8. The van der Waals surface area contributed by atoms with Gasteiger partial charge in [-0.1, -0.05) is 19.6 Å². The van der Waals surface area contributed by atoms with Gasteiger partial charge < -0.3 is 14.6 Å². The summed E-state index contributed by atoms with van der Waals surface area (Å²) in [5.41, 5.74) is 4.21. The van der Waals surface area contributed by atoms with Crippen LogP contribution in [-0.4, -0.2) is 45.2 Å². The van der Waals surface area contributed by atoms with Gasteiger partial charge in [0.2, 0.25) is 0 Å². The number of benzene rings is 1. The summed E-state index contributed by atoms with van der Waals surface area (Å²) in [6.45, 7) is 9.40. The second-order valence-electron chi connectivity index (χ2n) is 7.23. The monoisotopic (exact) mass is 302 g/mol. The molecule has 1 aliphatic rings. The van der Waals surface area contributed by atoms with Crippen LogP contribution in [-0.2, 0) is 12.8 Å². The summed E-state index contributed by atoms with van der Waals surface area (Å²) in [5, 5.41) is 2.77. The van der Waals surface area contributed by atoms with Crippen molar-refractivity contribution in [1.82, 2.24) is 9.88 Å². The number of likely N-dealkylation sites (N-methyl/N-ethyl adjacent to an activating group) is 1. The van der Waals surface area contributed by atoms with Crippen molar-refractivity contribution < 1.29 is 4.74 Å². The maximum absolute atomic E-state index is 5.70. The van der Waals surface area contributed by atoms with Crippen LogP contribution in [0.3, 0.4) is 0 Å². The number of hydrogen-bond acceptors (Lipinski definition) is 2. The van der Waals surface area contributed by atoms with Gasteiger partial charge >= 0.3 is 0 Å². The lowest BCUT2D eigenvalue weighted by molar-refractivity contribution is 0.352. The van der Waals surface area contributed by atoms with Gasteiger partial charge in [0.1, 0.15) is 5.75 Å². The predicted octanol–water partition coefficient (Wildman–Crippen LogP) is 2.75. The van der Waals surface area contributed by atoms with E-state index in [2.05, 4.69) is 48.7 Å². The summed E-state index contributed by atoms with van der Waals surface area (Å²) in [5.74, 6) is 1.07. The molecule has 1 aromatic heterocycles. The molecule has 0 radical (unpaired) electrons. The number of fused-ring (bicyclic) bond motifs is 3. The van der Waals surface area contributed by atoms with Gasteiger partial charge in [-0.3, -0.25) is 0 Å². The molecule has 0 unspecified atom stereocenters. The SMILES string of the molecule is COc1cc2c3c([nH]c2cc1[Si](C)(C)C)CCN(C)CC3. The Kier molecular flexibility index (Phi) is 3.62. The highest BCUT2D eigenvalue weighted by atomic mass is 28.3. The minimum Gasteiger partial charge on any atom is -0.497 e. The molecule has 21 heavy (non-hydrogen) atoms. The molecule has 114 valence electrons. The average Bonchev–Trinajstić information content (AvgIpc) is 2.66. The number of nitrogens with zero attached hydrogens (tertiary/aromatic N) is 1. The van der Waals surface area contributed by atoms with Crippen LogP contribution in [0.15, 0.2) is 12.1 Å². The molecule has 0 bridgehead atoms. The van der Waals surface area contributed by atoms with Crippen LogP contribution in [0.5, 0.6) is 5.75 Å². The van der Waals surface area contributed by atoms with E-state index in [4.69, 9.17) is 4.74 Å². The molecule has 3 nitrogen and oxygen atoms in total. The summed E-state index contributed by atoms with van der Waals surface area (Å²) in [4.78, 5) is 6.09. The van der Waals surface area contributed by atoms with Crippen molar-refractivity contribution >= 4 is 24.2 Å². The molecule has 0 aliphatic carbocycles. The highest BCUT2D eigenvalue weighted by Crippen LogP contribution is 2.29. The summed E-state index contributed by atoms with van der Waals surface area (Å²) >= 11 is 0. The van der Waals surface area contributed by atoms with Gasteiger partial charge in [0.15, 0.2) is 0 Å². The number of aromatic amines is 1. The number of rotatable bonds is 2. The van der Waals surface area contributed by atoms with E-state index in [1.807, 2.05) is 0 Å². The van der Waals surface area contributed by atoms with E-state index in [0.29, 0.717) is 0 Å². The predicted molar refractivity (Wildman–Crippen MR) is 92.7 cm³/mol. The van der Waals surface area contributed by atoms with E-state index in [1.54, 1.807) is 7.11 Å². The molecule has 0 fully saturated rings. The molecule has 1 aliphatic heterocycles. The Labute approximate surface area is 128 Å². The molecular formula is C17H26N2OSi. The van der Waals surface area contributed by atoms with Gasteiger partial charge in [0, 0.05) is 36.1 Å². The lowest BCUT2D eigenvalue weighted by Gasteiger charge is -2.20. The topological polar surface area (TPSA) is 28.3 Å². The first-order valence-corrected chi connectivity index (χ1v) is 11.3. The third kappa shape index (κ3) is 2.62. The zero-order chi connectivity index (χ0) is 15.2. The van der Waals surface area contributed by atoms with Crippen molar-refractivity contribution in [2.24, 2.45) is 0 Å². The normalized spacial score (nSPS) is 16.8. The molecule has 0 atom stereocenters. The van der Waals surface area contributed by atoms with E-state index in [1.165, 1.54) is 27.3 Å². The Morgan fingerprint density at radius 2 is 1.86 bits per heavy atom. The highest BCUT2D eigenvalue weighted by molar-refractivity contribution is 6.89. The summed E-state index contributed by atoms with van der Waals surface area (Å²) in [6, 6.07) is 4.61. The molecule has 4 heteroatoms. The second-order valence-corrected chi connectivity index (χ2v) is 12.3. The molecule has 0 saturated heterocycles. The standard InChI is InChI=1S/C17H26N2OSi/c1-19-8-6-12-13-10-16(20-2)17(21(3,4)5)11-15(13)18-14(12)7-9-19/h10-11,18H,6-9H2,1-5H3. The van der Waals surface area contributed by atoms with Crippen molar-refractivity contribution in [3.63, 3.8) is 0 Å². The second kappa shape index (κ2) is 5.18. The van der Waals surface area contributed by atoms with Gasteiger partial charge in [-0.15, -0.1) is 0 Å². The fraction of sp³-hybridized carbons (Fsp3) is 0.529. The van der Waals surface area contributed by atoms with Crippen molar-refractivity contribution in [3.8, 4) is 5.75 Å². The molecule has 3 rings (SSSR count). The fourth-order valence-electron chi connectivity index (χ4n) is 3.30. The molecule has 1 aromatic carbocycles. The fourth-order valence-corrected chi connectivity index (χ4v) is 4.80. The smallest absolute Gasteiger partial charge is 0.118 e. The Balaban J connectivity index is 2.18. The van der Waals surface area contributed by atoms with E-state index >= 15 is 0 Å². The molecule has 0 saturated carbocycles. The number of nitrogens with one attached hydrogen (secondary N) is 1. The molecule has 0 spiro atoms. The van der Waals surface area contributed by atoms with Crippen molar-refractivity contribution in [1.29, 1.82) is 0 Å². The molecular weight excluding hydrogens is 276 g/mol. The van der Waals surface area contributed by atoms with Crippen molar-refractivity contribution in [3.05, 3.63) is 23.4 Å². The summed E-state index contributed by atoms with van der Waals surface area (Å²) < 4.78 is 5.70. The quantitative estimate of drug-likeness (QED) is 0.864. The van der Waals surface area contributed by atoms with E-state index in [9.17, 15) is 0 Å². The van der Waals surface area contributed by atoms with Crippen molar-refractivity contribution in [2.75, 3.05) is 27.2 Å². The van der Waals surface area contributed by atoms with Crippen LogP contribution in [0.25, 0.3) is 10.9 Å². The lowest BCUT2D eigenvalue weighted by atomic mass is 10.1. The number of hydrogen-bond donors (Lipinski definition) is 1. The Morgan fingerprint density at radius 3 is 2.52 bits per heavy atom. The maximum Gasteiger partial charge on any atom is 0.118 e. The zero-order valence-corrected chi connectivity index (χ0v) is 14.8. The summed E-state index contributed by atoms with van der Waals surface area (Å²) in [7, 11) is 2.60. The lowest BCUT2D eigenvalue weighted by Crippen LogP contribution is -2.38. The first-order valence-electron chi connectivity index (χ1n) is 7.80. The number of ether oxygens (including phenoxy) is 1. The van der Waals surface area contributed by atoms with Crippen LogP contribution < -0.4 is 9.92 Å². The molecule has 2 heterocycles. The van der Waals surface area contributed by atoms with Gasteiger partial charge in [-0.25, -0.2) is 0 Å². The Morgan fingerprint density at radius 1 is 1.14 bits per heavy atom. The van der Waals surface area contributed by atoms with E-state index < -0.39 is 8.07 Å².